The minimum absolute atomic E-state index is 0.444. The van der Waals surface area contributed by atoms with E-state index in [9.17, 15) is 0 Å². The van der Waals surface area contributed by atoms with Gasteiger partial charge < -0.3 is 0 Å². The largest absolute Gasteiger partial charge is 0.228 e. The van der Waals surface area contributed by atoms with Crippen LogP contribution in [0.3, 0.4) is 0 Å². The third kappa shape index (κ3) is 6.03. The first-order chi connectivity index (χ1) is 27.7. The van der Waals surface area contributed by atoms with E-state index in [4.69, 9.17) is 9.97 Å². The highest BCUT2D eigenvalue weighted by Gasteiger charge is 2.44. The Labute approximate surface area is 332 Å². The average Bonchev–Trinajstić information content (AvgIpc) is 3.29. The lowest BCUT2D eigenvalue weighted by molar-refractivity contribution is 0.703. The second-order valence-corrected chi connectivity index (χ2v) is 15.2. The van der Waals surface area contributed by atoms with Gasteiger partial charge in [0.25, 0.3) is 0 Å². The van der Waals surface area contributed by atoms with Crippen LogP contribution in [-0.2, 0) is 5.41 Å². The second kappa shape index (κ2) is 14.4. The first-order valence-corrected chi connectivity index (χ1v) is 19.8. The first-order valence-electron chi connectivity index (χ1n) is 19.0. The van der Waals surface area contributed by atoms with Crippen LogP contribution in [0.25, 0.3) is 56.2 Å². The molecular weight excluding hydrogens is 697 g/mol. The van der Waals surface area contributed by atoms with E-state index in [-0.39, 0.29) is 0 Å². The molecule has 2 nitrogen and oxygen atoms in total. The Morgan fingerprint density at radius 3 is 1.30 bits per heavy atom. The number of hydrogen-bond donors (Lipinski definition) is 0. The molecule has 2 heterocycles. The number of nitrogens with zero attached hydrogens (tertiary/aromatic N) is 2. The standard InChI is InChI=1S/C53H36N2S/c1-5-17-37(18-6-1)48-36-49(38-19-7-2-8-20-38)55-52(54-48)43-24-16-23-41(34-43)39-21-15-22-40(33-39)42-31-32-47-51(35-42)56-50-30-14-13-29-46(50)53(47,44-25-9-3-10-26-44)45-27-11-4-12-28-45/h1-36H. The Kier molecular flexibility index (Phi) is 8.70. The van der Waals surface area contributed by atoms with Crippen molar-refractivity contribution in [2.45, 2.75) is 15.2 Å². The highest BCUT2D eigenvalue weighted by atomic mass is 32.2. The van der Waals surface area contributed by atoms with E-state index >= 15 is 0 Å². The van der Waals surface area contributed by atoms with Gasteiger partial charge in [-0.1, -0.05) is 200 Å². The van der Waals surface area contributed by atoms with Gasteiger partial charge in [-0.2, -0.15) is 0 Å². The summed E-state index contributed by atoms with van der Waals surface area (Å²) >= 11 is 1.87. The van der Waals surface area contributed by atoms with Gasteiger partial charge in [-0.25, -0.2) is 9.97 Å². The maximum absolute atomic E-state index is 5.10. The van der Waals surface area contributed by atoms with E-state index < -0.39 is 5.41 Å². The Morgan fingerprint density at radius 2 is 0.732 bits per heavy atom. The minimum Gasteiger partial charge on any atom is -0.228 e. The van der Waals surface area contributed by atoms with Crippen molar-refractivity contribution in [2.24, 2.45) is 0 Å². The summed E-state index contributed by atoms with van der Waals surface area (Å²) in [7, 11) is 0. The molecule has 1 aliphatic heterocycles. The van der Waals surface area contributed by atoms with E-state index in [0.29, 0.717) is 5.82 Å². The van der Waals surface area contributed by atoms with E-state index in [1.165, 1.54) is 43.2 Å². The number of aromatic nitrogens is 2. The molecule has 0 unspecified atom stereocenters. The van der Waals surface area contributed by atoms with Crippen LogP contribution >= 0.6 is 11.8 Å². The molecule has 8 aromatic carbocycles. The van der Waals surface area contributed by atoms with Crippen molar-refractivity contribution >= 4 is 11.8 Å². The van der Waals surface area contributed by atoms with Gasteiger partial charge in [0.2, 0.25) is 0 Å². The molecule has 1 aliphatic rings. The van der Waals surface area contributed by atoms with Crippen LogP contribution in [-0.4, -0.2) is 9.97 Å². The molecular formula is C53H36N2S. The average molecular weight is 733 g/mol. The van der Waals surface area contributed by atoms with Crippen molar-refractivity contribution in [1.82, 2.24) is 9.97 Å². The molecule has 1 aromatic heterocycles. The quantitative estimate of drug-likeness (QED) is 0.163. The molecule has 0 saturated carbocycles. The lowest BCUT2D eigenvalue weighted by atomic mass is 9.64. The zero-order chi connectivity index (χ0) is 37.3. The number of rotatable bonds is 7. The lowest BCUT2D eigenvalue weighted by Crippen LogP contribution is -2.34. The molecule has 3 heteroatoms. The van der Waals surface area contributed by atoms with Crippen molar-refractivity contribution in [3.05, 3.63) is 241 Å². The molecule has 0 fully saturated rings. The zero-order valence-corrected chi connectivity index (χ0v) is 31.4. The van der Waals surface area contributed by atoms with Crippen LogP contribution in [0.5, 0.6) is 0 Å². The predicted octanol–water partition coefficient (Wildman–Crippen LogP) is 13.7. The van der Waals surface area contributed by atoms with Crippen LogP contribution in [0, 0.1) is 0 Å². The van der Waals surface area contributed by atoms with Crippen molar-refractivity contribution < 1.29 is 0 Å². The summed E-state index contributed by atoms with van der Waals surface area (Å²) in [5, 5.41) is 0. The fourth-order valence-electron chi connectivity index (χ4n) is 8.20. The third-order valence-corrected chi connectivity index (χ3v) is 12.0. The molecule has 0 saturated heterocycles. The first kappa shape index (κ1) is 33.7. The summed E-state index contributed by atoms with van der Waals surface area (Å²) < 4.78 is 0. The van der Waals surface area contributed by atoms with Gasteiger partial charge in [-0.05, 0) is 74.8 Å². The van der Waals surface area contributed by atoms with E-state index in [1.54, 1.807) is 0 Å². The topological polar surface area (TPSA) is 25.8 Å². The summed E-state index contributed by atoms with van der Waals surface area (Å²) in [6.07, 6.45) is 0. The molecule has 0 N–H and O–H groups in total. The van der Waals surface area contributed by atoms with E-state index in [1.807, 2.05) is 23.9 Å². The van der Waals surface area contributed by atoms with Gasteiger partial charge in [0.15, 0.2) is 5.82 Å². The number of hydrogen-bond acceptors (Lipinski definition) is 3. The highest BCUT2D eigenvalue weighted by molar-refractivity contribution is 7.99. The van der Waals surface area contributed by atoms with Crippen molar-refractivity contribution in [2.75, 3.05) is 0 Å². The maximum atomic E-state index is 5.10. The fourth-order valence-corrected chi connectivity index (χ4v) is 9.43. The van der Waals surface area contributed by atoms with E-state index in [0.717, 1.165) is 39.2 Å². The van der Waals surface area contributed by atoms with Crippen LogP contribution in [0.1, 0.15) is 22.3 Å². The normalized spacial score (nSPS) is 12.7. The Morgan fingerprint density at radius 1 is 0.304 bits per heavy atom. The van der Waals surface area contributed by atoms with Crippen molar-refractivity contribution in [3.63, 3.8) is 0 Å². The zero-order valence-electron chi connectivity index (χ0n) is 30.6. The molecule has 56 heavy (non-hydrogen) atoms. The molecule has 0 radical (unpaired) electrons. The molecule has 9 aromatic rings. The monoisotopic (exact) mass is 732 g/mol. The third-order valence-electron chi connectivity index (χ3n) is 10.8. The Bertz CT molecular complexity index is 2720. The van der Waals surface area contributed by atoms with Gasteiger partial charge in [-0.3, -0.25) is 0 Å². The van der Waals surface area contributed by atoms with Gasteiger partial charge >= 0.3 is 0 Å². The van der Waals surface area contributed by atoms with Gasteiger partial charge in [0.05, 0.1) is 16.8 Å². The van der Waals surface area contributed by atoms with Crippen LogP contribution in [0.4, 0.5) is 0 Å². The molecule has 0 spiro atoms. The summed E-state index contributed by atoms with van der Waals surface area (Å²) in [5.74, 6) is 0.704. The van der Waals surface area contributed by atoms with Gasteiger partial charge in [0, 0.05) is 26.5 Å². The molecule has 10 rings (SSSR count). The highest BCUT2D eigenvalue weighted by Crippen LogP contribution is 2.56. The van der Waals surface area contributed by atoms with Crippen molar-refractivity contribution in [3.8, 4) is 56.2 Å². The summed E-state index contributed by atoms with van der Waals surface area (Å²) in [4.78, 5) is 12.7. The summed E-state index contributed by atoms with van der Waals surface area (Å²) in [6, 6.07) is 78.2. The Balaban J connectivity index is 1.06. The molecule has 0 atom stereocenters. The van der Waals surface area contributed by atoms with Crippen LogP contribution in [0.2, 0.25) is 0 Å². The SMILES string of the molecule is c1ccc(-c2cc(-c3ccccc3)nc(-c3cccc(-c4cccc(-c5ccc6c(c5)Sc5ccccc5C6(c5ccccc5)c5ccccc5)c4)c3)n2)cc1. The van der Waals surface area contributed by atoms with Crippen molar-refractivity contribution in [1.29, 1.82) is 0 Å². The smallest absolute Gasteiger partial charge is 0.160 e. The number of benzene rings is 8. The van der Waals surface area contributed by atoms with Crippen LogP contribution in [0.15, 0.2) is 228 Å². The molecule has 0 amide bonds. The molecule has 0 bridgehead atoms. The van der Waals surface area contributed by atoms with Gasteiger partial charge in [-0.15, -0.1) is 0 Å². The maximum Gasteiger partial charge on any atom is 0.160 e. The summed E-state index contributed by atoms with van der Waals surface area (Å²) in [5.41, 5.74) is 14.2. The molecule has 264 valence electrons. The van der Waals surface area contributed by atoms with E-state index in [2.05, 4.69) is 206 Å². The Hall–Kier alpha value is -6.81. The predicted molar refractivity (Wildman–Crippen MR) is 232 cm³/mol. The number of fused-ring (bicyclic) bond motifs is 2. The molecule has 0 aliphatic carbocycles. The lowest BCUT2D eigenvalue weighted by Gasteiger charge is -2.42. The second-order valence-electron chi connectivity index (χ2n) is 14.1. The fraction of sp³-hybridized carbons (Fsp3) is 0.0189. The minimum atomic E-state index is -0.444. The van der Waals surface area contributed by atoms with Gasteiger partial charge in [0.1, 0.15) is 0 Å². The van der Waals surface area contributed by atoms with Crippen LogP contribution < -0.4 is 0 Å². The summed E-state index contributed by atoms with van der Waals surface area (Å²) in [6.45, 7) is 0.